The molecule has 0 radical (unpaired) electrons. The third-order valence-corrected chi connectivity index (χ3v) is 2.14. The van der Waals surface area contributed by atoms with Gasteiger partial charge in [0.25, 0.3) is 0 Å². The van der Waals surface area contributed by atoms with Crippen LogP contribution in [-0.4, -0.2) is 45.9 Å². The number of ether oxygens (including phenoxy) is 1. The molecule has 6 nitrogen and oxygen atoms in total. The largest absolute Gasteiger partial charge is 0.390 e. The third kappa shape index (κ3) is 2.28. The first-order valence-corrected chi connectivity index (χ1v) is 4.70. The van der Waals surface area contributed by atoms with E-state index in [-0.39, 0.29) is 12.7 Å². The molecule has 14 heavy (non-hydrogen) atoms. The topological polar surface area (TPSA) is 72.2 Å². The van der Waals surface area contributed by atoms with E-state index in [2.05, 4.69) is 15.6 Å². The first-order chi connectivity index (χ1) is 6.88. The van der Waals surface area contributed by atoms with Crippen molar-refractivity contribution in [3.05, 3.63) is 11.9 Å². The maximum absolute atomic E-state index is 8.80. The number of hydrogen-bond donors (Lipinski definition) is 2. The van der Waals surface area contributed by atoms with Crippen molar-refractivity contribution in [3.8, 4) is 0 Å². The summed E-state index contributed by atoms with van der Waals surface area (Å²) in [5, 5.41) is 19.7. The molecule has 1 aromatic rings. The van der Waals surface area contributed by atoms with Crippen molar-refractivity contribution in [1.29, 1.82) is 0 Å². The molecular weight excluding hydrogens is 184 g/mol. The highest BCUT2D eigenvalue weighted by Crippen LogP contribution is 2.00. The zero-order chi connectivity index (χ0) is 9.80. The minimum Gasteiger partial charge on any atom is -0.390 e. The molecule has 0 bridgehead atoms. The average molecular weight is 198 g/mol. The smallest absolute Gasteiger partial charge is 0.108 e. The maximum Gasteiger partial charge on any atom is 0.108 e. The highest BCUT2D eigenvalue weighted by Gasteiger charge is 2.14. The lowest BCUT2D eigenvalue weighted by Gasteiger charge is -2.23. The van der Waals surface area contributed by atoms with Crippen LogP contribution in [0.25, 0.3) is 0 Å². The molecule has 1 atom stereocenters. The van der Waals surface area contributed by atoms with Gasteiger partial charge in [-0.1, -0.05) is 5.21 Å². The first-order valence-electron chi connectivity index (χ1n) is 4.70. The molecule has 2 rings (SSSR count). The van der Waals surface area contributed by atoms with Crippen molar-refractivity contribution in [2.45, 2.75) is 19.3 Å². The highest BCUT2D eigenvalue weighted by atomic mass is 16.5. The molecule has 0 amide bonds. The molecule has 0 aliphatic carbocycles. The number of aliphatic hydroxyl groups excluding tert-OH is 1. The Labute approximate surface area is 81.9 Å². The molecule has 2 N–H and O–H groups in total. The van der Waals surface area contributed by atoms with E-state index in [1.54, 1.807) is 10.9 Å². The van der Waals surface area contributed by atoms with Gasteiger partial charge in [-0.05, 0) is 0 Å². The number of aliphatic hydroxyl groups is 1. The van der Waals surface area contributed by atoms with Crippen molar-refractivity contribution in [2.75, 3.05) is 19.7 Å². The normalized spacial score (nSPS) is 22.5. The van der Waals surface area contributed by atoms with E-state index in [0.717, 1.165) is 19.7 Å². The van der Waals surface area contributed by atoms with Crippen LogP contribution in [0.1, 0.15) is 5.69 Å². The van der Waals surface area contributed by atoms with Gasteiger partial charge in [-0.2, -0.15) is 0 Å². The summed E-state index contributed by atoms with van der Waals surface area (Å²) in [4.78, 5) is 0. The molecule has 1 aliphatic heterocycles. The summed E-state index contributed by atoms with van der Waals surface area (Å²) >= 11 is 0. The van der Waals surface area contributed by atoms with Crippen LogP contribution in [0.3, 0.4) is 0 Å². The summed E-state index contributed by atoms with van der Waals surface area (Å²) in [6.45, 7) is 3.11. The Bertz CT molecular complexity index is 283. The van der Waals surface area contributed by atoms with E-state index >= 15 is 0 Å². The standard InChI is InChI=1S/C8H14N4O2/c13-6-7-4-12(11-10-7)5-8-3-9-1-2-14-8/h4,8-9,13H,1-3,5-6H2. The fraction of sp³-hybridized carbons (Fsp3) is 0.750. The Morgan fingerprint density at radius 3 is 3.29 bits per heavy atom. The number of hydrogen-bond acceptors (Lipinski definition) is 5. The summed E-state index contributed by atoms with van der Waals surface area (Å²) in [7, 11) is 0. The zero-order valence-electron chi connectivity index (χ0n) is 7.89. The van der Waals surface area contributed by atoms with Gasteiger partial charge in [-0.15, -0.1) is 5.10 Å². The van der Waals surface area contributed by atoms with Gasteiger partial charge in [0, 0.05) is 13.1 Å². The lowest BCUT2D eigenvalue weighted by Crippen LogP contribution is -2.40. The van der Waals surface area contributed by atoms with E-state index in [1.165, 1.54) is 0 Å². The Balaban J connectivity index is 1.89. The van der Waals surface area contributed by atoms with Crippen LogP contribution in [0, 0.1) is 0 Å². The Morgan fingerprint density at radius 2 is 2.64 bits per heavy atom. The van der Waals surface area contributed by atoms with Crippen molar-refractivity contribution in [3.63, 3.8) is 0 Å². The van der Waals surface area contributed by atoms with Gasteiger partial charge in [0.1, 0.15) is 5.69 Å². The molecule has 6 heteroatoms. The minimum atomic E-state index is -0.0657. The zero-order valence-corrected chi connectivity index (χ0v) is 7.89. The Hall–Kier alpha value is -0.980. The minimum absolute atomic E-state index is 0.0657. The van der Waals surface area contributed by atoms with Crippen LogP contribution >= 0.6 is 0 Å². The SMILES string of the molecule is OCc1cn(CC2CNCCO2)nn1. The Morgan fingerprint density at radius 1 is 1.71 bits per heavy atom. The van der Waals surface area contributed by atoms with Crippen LogP contribution in [0.5, 0.6) is 0 Å². The average Bonchev–Trinajstić information content (AvgIpc) is 2.67. The van der Waals surface area contributed by atoms with E-state index in [9.17, 15) is 0 Å². The van der Waals surface area contributed by atoms with E-state index in [0.29, 0.717) is 12.2 Å². The Kier molecular flexibility index (Phi) is 3.07. The van der Waals surface area contributed by atoms with Gasteiger partial charge >= 0.3 is 0 Å². The van der Waals surface area contributed by atoms with Crippen LogP contribution in [0.4, 0.5) is 0 Å². The van der Waals surface area contributed by atoms with Gasteiger partial charge in [-0.25, -0.2) is 4.68 Å². The van der Waals surface area contributed by atoms with Gasteiger partial charge in [0.05, 0.1) is 32.1 Å². The number of aromatic nitrogens is 3. The molecule has 0 spiro atoms. The molecule has 1 fully saturated rings. The predicted octanol–water partition coefficient (Wildman–Crippen LogP) is -1.24. The van der Waals surface area contributed by atoms with E-state index < -0.39 is 0 Å². The molecule has 0 aromatic carbocycles. The fourth-order valence-corrected chi connectivity index (χ4v) is 1.45. The maximum atomic E-state index is 8.80. The summed E-state index contributed by atoms with van der Waals surface area (Å²) in [5.74, 6) is 0. The number of nitrogens with one attached hydrogen (secondary N) is 1. The third-order valence-electron chi connectivity index (χ3n) is 2.14. The molecule has 1 unspecified atom stereocenters. The van der Waals surface area contributed by atoms with Crippen molar-refractivity contribution >= 4 is 0 Å². The van der Waals surface area contributed by atoms with Crippen LogP contribution < -0.4 is 5.32 Å². The van der Waals surface area contributed by atoms with Gasteiger partial charge in [-0.3, -0.25) is 0 Å². The van der Waals surface area contributed by atoms with E-state index in [1.807, 2.05) is 0 Å². The summed E-state index contributed by atoms with van der Waals surface area (Å²) in [6, 6.07) is 0. The predicted molar refractivity (Wildman–Crippen MR) is 48.6 cm³/mol. The molecule has 1 aliphatic rings. The summed E-state index contributed by atoms with van der Waals surface area (Å²) in [5.41, 5.74) is 0.591. The van der Waals surface area contributed by atoms with Crippen LogP contribution in [-0.2, 0) is 17.9 Å². The molecule has 2 heterocycles. The van der Waals surface area contributed by atoms with Crippen molar-refractivity contribution in [1.82, 2.24) is 20.3 Å². The van der Waals surface area contributed by atoms with Gasteiger partial charge in [0.15, 0.2) is 0 Å². The van der Waals surface area contributed by atoms with E-state index in [4.69, 9.17) is 9.84 Å². The number of nitrogens with zero attached hydrogens (tertiary/aromatic N) is 3. The lowest BCUT2D eigenvalue weighted by atomic mass is 10.3. The number of rotatable bonds is 3. The fourth-order valence-electron chi connectivity index (χ4n) is 1.45. The molecule has 1 aromatic heterocycles. The molecule has 1 saturated heterocycles. The van der Waals surface area contributed by atoms with Crippen LogP contribution in [0.15, 0.2) is 6.20 Å². The van der Waals surface area contributed by atoms with Crippen molar-refractivity contribution in [2.24, 2.45) is 0 Å². The highest BCUT2D eigenvalue weighted by molar-refractivity contribution is 4.89. The lowest BCUT2D eigenvalue weighted by molar-refractivity contribution is 0.0158. The second-order valence-corrected chi connectivity index (χ2v) is 3.29. The molecular formula is C8H14N4O2. The monoisotopic (exact) mass is 198 g/mol. The van der Waals surface area contributed by atoms with Gasteiger partial charge in [0.2, 0.25) is 0 Å². The second kappa shape index (κ2) is 4.50. The molecule has 78 valence electrons. The number of morpholine rings is 1. The second-order valence-electron chi connectivity index (χ2n) is 3.29. The quantitative estimate of drug-likeness (QED) is 0.635. The summed E-state index contributed by atoms with van der Waals surface area (Å²) < 4.78 is 7.21. The molecule has 0 saturated carbocycles. The van der Waals surface area contributed by atoms with Crippen LogP contribution in [0.2, 0.25) is 0 Å². The van der Waals surface area contributed by atoms with Gasteiger partial charge < -0.3 is 15.2 Å². The summed E-state index contributed by atoms with van der Waals surface area (Å²) in [6.07, 6.45) is 1.88. The first kappa shape index (κ1) is 9.57. The van der Waals surface area contributed by atoms with Crippen molar-refractivity contribution < 1.29 is 9.84 Å².